The summed E-state index contributed by atoms with van der Waals surface area (Å²) < 4.78 is 41.7. The predicted octanol–water partition coefficient (Wildman–Crippen LogP) is 3.36. The van der Waals surface area contributed by atoms with E-state index in [4.69, 9.17) is 10.5 Å². The Hall–Kier alpha value is -0.290. The highest BCUT2D eigenvalue weighted by molar-refractivity contribution is 4.86. The smallest absolute Gasteiger partial charge is 0.368 e. The number of hydrogen-bond donors (Lipinski definition) is 1. The normalized spacial score (nSPS) is 30.5. The van der Waals surface area contributed by atoms with Gasteiger partial charge in [-0.05, 0) is 43.1 Å². The van der Waals surface area contributed by atoms with Gasteiger partial charge in [0.1, 0.15) is 6.61 Å². The standard InChI is InChI=1S/C13H24F3NO/c1-12(2,3)10-5-4-9(7-17)11(6-10)18-8-13(14,15)16/h9-11H,4-8,17H2,1-3H3. The van der Waals surface area contributed by atoms with Crippen molar-refractivity contribution in [3.05, 3.63) is 0 Å². The summed E-state index contributed by atoms with van der Waals surface area (Å²) in [5.74, 6) is 0.462. The van der Waals surface area contributed by atoms with Crippen molar-refractivity contribution >= 4 is 0 Å². The van der Waals surface area contributed by atoms with E-state index in [1.54, 1.807) is 0 Å². The van der Waals surface area contributed by atoms with Crippen LogP contribution in [0.5, 0.6) is 0 Å². The van der Waals surface area contributed by atoms with Gasteiger partial charge >= 0.3 is 6.18 Å². The number of ether oxygens (including phenoxy) is 1. The summed E-state index contributed by atoms with van der Waals surface area (Å²) in [7, 11) is 0. The molecule has 0 aliphatic heterocycles. The van der Waals surface area contributed by atoms with Crippen LogP contribution >= 0.6 is 0 Å². The zero-order valence-corrected chi connectivity index (χ0v) is 11.4. The molecule has 18 heavy (non-hydrogen) atoms. The molecular formula is C13H24F3NO. The van der Waals surface area contributed by atoms with E-state index in [1.165, 1.54) is 0 Å². The van der Waals surface area contributed by atoms with Crippen LogP contribution < -0.4 is 5.73 Å². The first-order valence-electron chi connectivity index (χ1n) is 6.52. The van der Waals surface area contributed by atoms with Gasteiger partial charge < -0.3 is 10.5 Å². The van der Waals surface area contributed by atoms with Crippen LogP contribution in [-0.4, -0.2) is 25.4 Å². The fourth-order valence-electron chi connectivity index (χ4n) is 2.65. The van der Waals surface area contributed by atoms with Crippen LogP contribution in [0, 0.1) is 17.3 Å². The van der Waals surface area contributed by atoms with Gasteiger partial charge in [-0.15, -0.1) is 0 Å². The second-order valence-corrected chi connectivity index (χ2v) is 6.34. The SMILES string of the molecule is CC(C)(C)C1CCC(CN)C(OCC(F)(F)F)C1. The Morgan fingerprint density at radius 3 is 2.22 bits per heavy atom. The number of halogens is 3. The molecule has 3 atom stereocenters. The highest BCUT2D eigenvalue weighted by atomic mass is 19.4. The minimum absolute atomic E-state index is 0.0611. The Kier molecular flexibility index (Phi) is 5.06. The molecule has 0 heterocycles. The summed E-state index contributed by atoms with van der Waals surface area (Å²) in [5, 5.41) is 0. The van der Waals surface area contributed by atoms with Crippen LogP contribution in [0.1, 0.15) is 40.0 Å². The molecule has 1 fully saturated rings. The second kappa shape index (κ2) is 5.78. The first-order chi connectivity index (χ1) is 8.13. The molecule has 108 valence electrons. The van der Waals surface area contributed by atoms with Gasteiger partial charge in [-0.2, -0.15) is 13.2 Å². The van der Waals surface area contributed by atoms with Gasteiger partial charge in [-0.1, -0.05) is 20.8 Å². The predicted molar refractivity (Wildman–Crippen MR) is 65.1 cm³/mol. The van der Waals surface area contributed by atoms with Crippen molar-refractivity contribution in [1.29, 1.82) is 0 Å². The first kappa shape index (κ1) is 15.8. The Morgan fingerprint density at radius 2 is 1.78 bits per heavy atom. The maximum absolute atomic E-state index is 12.2. The summed E-state index contributed by atoms with van der Waals surface area (Å²) in [6, 6.07) is 0. The molecule has 0 amide bonds. The summed E-state index contributed by atoms with van der Waals surface area (Å²) in [5.41, 5.74) is 5.74. The number of rotatable bonds is 3. The van der Waals surface area contributed by atoms with Gasteiger partial charge in [-0.3, -0.25) is 0 Å². The summed E-state index contributed by atoms with van der Waals surface area (Å²) in [4.78, 5) is 0. The maximum atomic E-state index is 12.2. The Morgan fingerprint density at radius 1 is 1.17 bits per heavy atom. The molecule has 0 radical (unpaired) electrons. The topological polar surface area (TPSA) is 35.2 Å². The molecule has 1 aliphatic carbocycles. The van der Waals surface area contributed by atoms with E-state index in [0.29, 0.717) is 18.9 Å². The number of nitrogens with two attached hydrogens (primary N) is 1. The number of alkyl halides is 3. The van der Waals surface area contributed by atoms with Gasteiger partial charge in [0, 0.05) is 0 Å². The summed E-state index contributed by atoms with van der Waals surface area (Å²) in [6.45, 7) is 5.62. The molecule has 1 saturated carbocycles. The lowest BCUT2D eigenvalue weighted by Crippen LogP contribution is -2.41. The van der Waals surface area contributed by atoms with Crippen molar-refractivity contribution in [3.8, 4) is 0 Å². The molecular weight excluding hydrogens is 243 g/mol. The zero-order chi connectivity index (χ0) is 14.0. The molecule has 3 unspecified atom stereocenters. The molecule has 0 aromatic carbocycles. The Labute approximate surface area is 107 Å². The highest BCUT2D eigenvalue weighted by Crippen LogP contribution is 2.41. The lowest BCUT2D eigenvalue weighted by Gasteiger charge is -2.41. The summed E-state index contributed by atoms with van der Waals surface area (Å²) in [6.07, 6.45) is -2.04. The number of hydrogen-bond acceptors (Lipinski definition) is 2. The van der Waals surface area contributed by atoms with E-state index >= 15 is 0 Å². The van der Waals surface area contributed by atoms with E-state index in [2.05, 4.69) is 20.8 Å². The van der Waals surface area contributed by atoms with Crippen LogP contribution in [0.3, 0.4) is 0 Å². The largest absolute Gasteiger partial charge is 0.411 e. The minimum atomic E-state index is -4.26. The van der Waals surface area contributed by atoms with Crippen LogP contribution in [0.2, 0.25) is 0 Å². The third kappa shape index (κ3) is 4.76. The molecule has 2 N–H and O–H groups in total. The Bertz CT molecular complexity index is 260. The van der Waals surface area contributed by atoms with Crippen molar-refractivity contribution in [3.63, 3.8) is 0 Å². The fraction of sp³-hybridized carbons (Fsp3) is 1.00. The third-order valence-electron chi connectivity index (χ3n) is 3.92. The third-order valence-corrected chi connectivity index (χ3v) is 3.92. The van der Waals surface area contributed by atoms with Crippen molar-refractivity contribution in [2.75, 3.05) is 13.2 Å². The van der Waals surface area contributed by atoms with Crippen LogP contribution in [0.15, 0.2) is 0 Å². The molecule has 5 heteroatoms. The average molecular weight is 267 g/mol. The van der Waals surface area contributed by atoms with Gasteiger partial charge in [0.25, 0.3) is 0 Å². The molecule has 0 saturated heterocycles. The van der Waals surface area contributed by atoms with E-state index < -0.39 is 12.8 Å². The monoisotopic (exact) mass is 267 g/mol. The van der Waals surface area contributed by atoms with Crippen molar-refractivity contribution < 1.29 is 17.9 Å². The highest BCUT2D eigenvalue weighted by Gasteiger charge is 2.38. The van der Waals surface area contributed by atoms with E-state index in [0.717, 1.165) is 12.8 Å². The molecule has 2 nitrogen and oxygen atoms in total. The minimum Gasteiger partial charge on any atom is -0.368 e. The zero-order valence-electron chi connectivity index (χ0n) is 11.4. The summed E-state index contributed by atoms with van der Waals surface area (Å²) >= 11 is 0. The average Bonchev–Trinajstić information content (AvgIpc) is 2.23. The van der Waals surface area contributed by atoms with Crippen molar-refractivity contribution in [2.24, 2.45) is 23.0 Å². The van der Waals surface area contributed by atoms with E-state index in [1.807, 2.05) is 0 Å². The van der Waals surface area contributed by atoms with Crippen LogP contribution in [-0.2, 0) is 4.74 Å². The fourth-order valence-corrected chi connectivity index (χ4v) is 2.65. The molecule has 0 aromatic rings. The molecule has 1 aliphatic rings. The second-order valence-electron chi connectivity index (χ2n) is 6.34. The van der Waals surface area contributed by atoms with E-state index in [9.17, 15) is 13.2 Å². The molecule has 0 spiro atoms. The van der Waals surface area contributed by atoms with Gasteiger partial charge in [0.15, 0.2) is 0 Å². The molecule has 0 bridgehead atoms. The van der Waals surface area contributed by atoms with Gasteiger partial charge in [0.05, 0.1) is 6.10 Å². The van der Waals surface area contributed by atoms with Crippen LogP contribution in [0.4, 0.5) is 13.2 Å². The lowest BCUT2D eigenvalue weighted by atomic mass is 9.68. The van der Waals surface area contributed by atoms with E-state index in [-0.39, 0.29) is 17.4 Å². The molecule has 1 rings (SSSR count). The van der Waals surface area contributed by atoms with Crippen LogP contribution in [0.25, 0.3) is 0 Å². The lowest BCUT2D eigenvalue weighted by molar-refractivity contribution is -0.196. The van der Waals surface area contributed by atoms with Crippen molar-refractivity contribution in [1.82, 2.24) is 0 Å². The Balaban J connectivity index is 2.59. The van der Waals surface area contributed by atoms with Gasteiger partial charge in [-0.25, -0.2) is 0 Å². The van der Waals surface area contributed by atoms with Crippen molar-refractivity contribution in [2.45, 2.75) is 52.3 Å². The quantitative estimate of drug-likeness (QED) is 0.851. The first-order valence-corrected chi connectivity index (χ1v) is 6.52. The van der Waals surface area contributed by atoms with Gasteiger partial charge in [0.2, 0.25) is 0 Å². The maximum Gasteiger partial charge on any atom is 0.411 e. The molecule has 0 aromatic heterocycles.